The number of carbonyl (C=O) groups excluding carboxylic acids is 1. The summed E-state index contributed by atoms with van der Waals surface area (Å²) in [6.07, 6.45) is 0. The number of rotatable bonds is 6. The minimum atomic E-state index is -0.676. The summed E-state index contributed by atoms with van der Waals surface area (Å²) in [7, 11) is 0. The standard InChI is InChI=1S/C18H14N2O7/c1-2-25-18(23)13-9-16(27-20-13)17-14(22)7-11(21)8-15(17)26-12-5-3-10(19-24)4-6-12/h3-9,21-22H,2H2,1H3. The third kappa shape index (κ3) is 3.87. The third-order valence-electron chi connectivity index (χ3n) is 3.48. The number of carbonyl (C=O) groups is 1. The zero-order valence-corrected chi connectivity index (χ0v) is 14.1. The molecule has 0 aliphatic carbocycles. The summed E-state index contributed by atoms with van der Waals surface area (Å²) in [5.41, 5.74) is 0.218. The first-order valence-corrected chi connectivity index (χ1v) is 7.83. The van der Waals surface area contributed by atoms with Crippen LogP contribution in [0.4, 0.5) is 5.69 Å². The van der Waals surface area contributed by atoms with Crippen LogP contribution in [0, 0.1) is 4.91 Å². The van der Waals surface area contributed by atoms with Gasteiger partial charge in [-0.3, -0.25) is 0 Å². The minimum absolute atomic E-state index is 0.0386. The SMILES string of the molecule is CCOC(=O)c1cc(-c2c(O)cc(O)cc2Oc2ccc(N=O)cc2)on1. The molecule has 0 spiro atoms. The van der Waals surface area contributed by atoms with E-state index in [1.165, 1.54) is 36.4 Å². The third-order valence-corrected chi connectivity index (χ3v) is 3.48. The van der Waals surface area contributed by atoms with Crippen molar-refractivity contribution >= 4 is 11.7 Å². The lowest BCUT2D eigenvalue weighted by atomic mass is 10.1. The van der Waals surface area contributed by atoms with Crippen LogP contribution < -0.4 is 4.74 Å². The first kappa shape index (κ1) is 17.9. The fourth-order valence-electron chi connectivity index (χ4n) is 2.31. The molecule has 0 aliphatic rings. The second-order valence-electron chi connectivity index (χ2n) is 5.32. The second-order valence-corrected chi connectivity index (χ2v) is 5.32. The molecule has 0 atom stereocenters. The van der Waals surface area contributed by atoms with E-state index in [1.54, 1.807) is 6.92 Å². The number of benzene rings is 2. The van der Waals surface area contributed by atoms with Crippen LogP contribution >= 0.6 is 0 Å². The quantitative estimate of drug-likeness (QED) is 0.489. The summed E-state index contributed by atoms with van der Waals surface area (Å²) in [5, 5.41) is 26.4. The second kappa shape index (κ2) is 7.56. The molecule has 1 aromatic heterocycles. The Hall–Kier alpha value is -3.88. The van der Waals surface area contributed by atoms with E-state index >= 15 is 0 Å². The predicted octanol–water partition coefficient (Wildman–Crippen LogP) is 4.12. The van der Waals surface area contributed by atoms with E-state index in [-0.39, 0.29) is 46.6 Å². The first-order valence-electron chi connectivity index (χ1n) is 7.83. The number of aromatic hydroxyl groups is 2. The molecule has 0 fully saturated rings. The fraction of sp³-hybridized carbons (Fsp3) is 0.111. The summed E-state index contributed by atoms with van der Waals surface area (Å²) in [6.45, 7) is 1.83. The van der Waals surface area contributed by atoms with Crippen molar-refractivity contribution in [2.75, 3.05) is 6.61 Å². The molecule has 0 bridgehead atoms. The molecule has 2 aromatic carbocycles. The minimum Gasteiger partial charge on any atom is -0.508 e. The van der Waals surface area contributed by atoms with Crippen LogP contribution in [0.25, 0.3) is 11.3 Å². The Morgan fingerprint density at radius 2 is 1.93 bits per heavy atom. The number of phenols is 2. The van der Waals surface area contributed by atoms with Gasteiger partial charge in [0, 0.05) is 18.2 Å². The van der Waals surface area contributed by atoms with Crippen LogP contribution in [0.3, 0.4) is 0 Å². The van der Waals surface area contributed by atoms with Gasteiger partial charge in [0.05, 0.1) is 6.61 Å². The predicted molar refractivity (Wildman–Crippen MR) is 93.2 cm³/mol. The van der Waals surface area contributed by atoms with Gasteiger partial charge in [-0.2, -0.15) is 0 Å². The highest BCUT2D eigenvalue weighted by molar-refractivity contribution is 5.89. The molecule has 0 saturated carbocycles. The molecule has 3 aromatic rings. The Balaban J connectivity index is 1.99. The van der Waals surface area contributed by atoms with Crippen molar-refractivity contribution in [3.05, 3.63) is 53.1 Å². The Kier molecular flexibility index (Phi) is 5.02. The number of ether oxygens (including phenoxy) is 2. The number of nitroso groups, excluding NO2 is 1. The van der Waals surface area contributed by atoms with Gasteiger partial charge in [0.25, 0.3) is 0 Å². The summed E-state index contributed by atoms with van der Waals surface area (Å²) < 4.78 is 15.6. The molecule has 0 amide bonds. The Morgan fingerprint density at radius 1 is 1.19 bits per heavy atom. The molecule has 2 N–H and O–H groups in total. The molecular formula is C18H14N2O7. The van der Waals surface area contributed by atoms with E-state index in [0.29, 0.717) is 5.75 Å². The van der Waals surface area contributed by atoms with Gasteiger partial charge in [-0.25, -0.2) is 4.79 Å². The Labute approximate surface area is 152 Å². The average Bonchev–Trinajstić information content (AvgIpc) is 3.12. The molecular weight excluding hydrogens is 356 g/mol. The van der Waals surface area contributed by atoms with Crippen molar-refractivity contribution in [3.8, 4) is 34.3 Å². The molecule has 0 aliphatic heterocycles. The molecule has 27 heavy (non-hydrogen) atoms. The van der Waals surface area contributed by atoms with Gasteiger partial charge < -0.3 is 24.2 Å². The highest BCUT2D eigenvalue weighted by Gasteiger charge is 2.22. The summed E-state index contributed by atoms with van der Waals surface area (Å²) in [6, 6.07) is 9.51. The van der Waals surface area contributed by atoms with Gasteiger partial charge in [0.2, 0.25) is 0 Å². The largest absolute Gasteiger partial charge is 0.508 e. The number of hydrogen-bond acceptors (Lipinski definition) is 9. The van der Waals surface area contributed by atoms with Crippen molar-refractivity contribution in [1.82, 2.24) is 5.16 Å². The van der Waals surface area contributed by atoms with Gasteiger partial charge in [0.15, 0.2) is 11.5 Å². The van der Waals surface area contributed by atoms with Crippen LogP contribution in [0.2, 0.25) is 0 Å². The number of nitrogens with zero attached hydrogens (tertiary/aromatic N) is 2. The normalized spacial score (nSPS) is 10.4. The molecule has 138 valence electrons. The lowest BCUT2D eigenvalue weighted by Crippen LogP contribution is -2.04. The number of phenolic OH excluding ortho intramolecular Hbond substituents is 2. The van der Waals surface area contributed by atoms with Crippen LogP contribution in [0.1, 0.15) is 17.4 Å². The fourth-order valence-corrected chi connectivity index (χ4v) is 2.31. The Morgan fingerprint density at radius 3 is 2.59 bits per heavy atom. The molecule has 9 nitrogen and oxygen atoms in total. The van der Waals surface area contributed by atoms with Crippen molar-refractivity contribution in [2.24, 2.45) is 5.18 Å². The van der Waals surface area contributed by atoms with Crippen LogP contribution in [0.5, 0.6) is 23.0 Å². The van der Waals surface area contributed by atoms with Crippen LogP contribution in [-0.2, 0) is 4.74 Å². The lowest BCUT2D eigenvalue weighted by Gasteiger charge is -2.11. The van der Waals surface area contributed by atoms with E-state index in [4.69, 9.17) is 14.0 Å². The van der Waals surface area contributed by atoms with Crippen molar-refractivity contribution < 1.29 is 29.0 Å². The summed E-state index contributed by atoms with van der Waals surface area (Å²) in [5.74, 6) is -0.864. The maximum atomic E-state index is 11.8. The highest BCUT2D eigenvalue weighted by atomic mass is 16.5. The van der Waals surface area contributed by atoms with E-state index in [0.717, 1.165) is 6.07 Å². The van der Waals surface area contributed by atoms with Gasteiger partial charge >= 0.3 is 5.97 Å². The van der Waals surface area contributed by atoms with E-state index in [2.05, 4.69) is 10.3 Å². The maximum absolute atomic E-state index is 11.8. The van der Waals surface area contributed by atoms with Crippen molar-refractivity contribution in [3.63, 3.8) is 0 Å². The van der Waals surface area contributed by atoms with Crippen LogP contribution in [0.15, 0.2) is 52.2 Å². The highest BCUT2D eigenvalue weighted by Crippen LogP contribution is 2.43. The number of hydrogen-bond donors (Lipinski definition) is 2. The molecule has 1 heterocycles. The zero-order valence-electron chi connectivity index (χ0n) is 14.1. The molecule has 3 rings (SSSR count). The van der Waals surface area contributed by atoms with Crippen molar-refractivity contribution in [2.45, 2.75) is 6.92 Å². The Bertz CT molecular complexity index is 980. The van der Waals surface area contributed by atoms with Gasteiger partial charge in [0.1, 0.15) is 34.2 Å². The van der Waals surface area contributed by atoms with Crippen LogP contribution in [-0.4, -0.2) is 27.9 Å². The zero-order chi connectivity index (χ0) is 19.4. The molecule has 0 saturated heterocycles. The lowest BCUT2D eigenvalue weighted by molar-refractivity contribution is 0.0514. The topological polar surface area (TPSA) is 131 Å². The van der Waals surface area contributed by atoms with Gasteiger partial charge in [-0.15, -0.1) is 4.91 Å². The summed E-state index contributed by atoms with van der Waals surface area (Å²) >= 11 is 0. The maximum Gasteiger partial charge on any atom is 0.360 e. The number of esters is 1. The van der Waals surface area contributed by atoms with E-state index in [9.17, 15) is 19.9 Å². The average molecular weight is 370 g/mol. The molecule has 9 heteroatoms. The monoisotopic (exact) mass is 370 g/mol. The van der Waals surface area contributed by atoms with Crippen molar-refractivity contribution in [1.29, 1.82) is 0 Å². The number of aromatic nitrogens is 1. The first-order chi connectivity index (χ1) is 13.0. The molecule has 0 radical (unpaired) electrons. The van der Waals surface area contributed by atoms with Gasteiger partial charge in [-0.1, -0.05) is 5.16 Å². The van der Waals surface area contributed by atoms with E-state index in [1.807, 2.05) is 0 Å². The summed E-state index contributed by atoms with van der Waals surface area (Å²) in [4.78, 5) is 22.2. The van der Waals surface area contributed by atoms with E-state index < -0.39 is 5.97 Å². The molecule has 0 unspecified atom stereocenters. The van der Waals surface area contributed by atoms with Gasteiger partial charge in [-0.05, 0) is 36.4 Å². The smallest absolute Gasteiger partial charge is 0.360 e.